The second-order valence-electron chi connectivity index (χ2n) is 4.75. The van der Waals surface area contributed by atoms with E-state index in [-0.39, 0.29) is 11.9 Å². The van der Waals surface area contributed by atoms with Crippen molar-refractivity contribution in [2.24, 2.45) is 5.73 Å². The summed E-state index contributed by atoms with van der Waals surface area (Å²) in [4.78, 5) is 13.9. The molecule has 17 heavy (non-hydrogen) atoms. The largest absolute Gasteiger partial charge is 0.360 e. The highest BCUT2D eigenvalue weighted by molar-refractivity contribution is 6.04. The smallest absolute Gasteiger partial charge is 0.248 e. The van der Waals surface area contributed by atoms with Gasteiger partial charge in [-0.05, 0) is 17.5 Å². The Hall–Kier alpha value is -1.55. The van der Waals surface area contributed by atoms with Crippen LogP contribution in [0.15, 0.2) is 18.2 Å². The molecule has 1 unspecified atom stereocenters. The molecule has 1 amide bonds. The van der Waals surface area contributed by atoms with Crippen LogP contribution in [-0.4, -0.2) is 25.5 Å². The summed E-state index contributed by atoms with van der Waals surface area (Å²) in [7, 11) is 1.92. The molecule has 0 bridgehead atoms. The number of rotatable bonds is 2. The number of anilines is 2. The Morgan fingerprint density at radius 3 is 2.76 bits per heavy atom. The zero-order valence-electron chi connectivity index (χ0n) is 10.5. The average Bonchev–Trinajstić information content (AvgIpc) is 2.28. The number of para-hydroxylation sites is 1. The Bertz CT molecular complexity index is 442. The summed E-state index contributed by atoms with van der Waals surface area (Å²) in [5, 5.41) is 2.98. The van der Waals surface area contributed by atoms with Crippen LogP contribution in [0.3, 0.4) is 0 Å². The van der Waals surface area contributed by atoms with Crippen molar-refractivity contribution in [3.05, 3.63) is 23.8 Å². The number of nitrogens with zero attached hydrogens (tertiary/aromatic N) is 1. The predicted molar refractivity (Wildman–Crippen MR) is 70.4 cm³/mol. The standard InChI is InChI=1S/C13H19N3O/c1-8(2)9-5-4-6-10-12(9)15-13(17)11(7-14)16(10)3/h4-6,8,11H,7,14H2,1-3H3,(H,15,17). The second-order valence-corrected chi connectivity index (χ2v) is 4.75. The van der Waals surface area contributed by atoms with E-state index in [0.29, 0.717) is 12.5 Å². The van der Waals surface area contributed by atoms with Gasteiger partial charge >= 0.3 is 0 Å². The van der Waals surface area contributed by atoms with Crippen molar-refractivity contribution in [1.82, 2.24) is 0 Å². The van der Waals surface area contributed by atoms with Gasteiger partial charge in [-0.15, -0.1) is 0 Å². The van der Waals surface area contributed by atoms with E-state index in [4.69, 9.17) is 5.73 Å². The van der Waals surface area contributed by atoms with Crippen LogP contribution < -0.4 is 16.0 Å². The number of nitrogens with one attached hydrogen (secondary N) is 1. The predicted octanol–water partition coefficient (Wildman–Crippen LogP) is 1.53. The first-order valence-corrected chi connectivity index (χ1v) is 5.93. The van der Waals surface area contributed by atoms with Gasteiger partial charge in [0.2, 0.25) is 5.91 Å². The summed E-state index contributed by atoms with van der Waals surface area (Å²) in [5.74, 6) is 0.365. The first-order chi connectivity index (χ1) is 8.06. The highest BCUT2D eigenvalue weighted by Crippen LogP contribution is 2.36. The molecule has 1 aliphatic rings. The molecule has 1 aromatic rings. The van der Waals surface area contributed by atoms with Crippen LogP contribution in [0.2, 0.25) is 0 Å². The molecule has 0 aromatic heterocycles. The monoisotopic (exact) mass is 233 g/mol. The minimum absolute atomic E-state index is 0.0180. The molecule has 0 radical (unpaired) electrons. The number of nitrogens with two attached hydrogens (primary N) is 1. The van der Waals surface area contributed by atoms with Gasteiger partial charge in [-0.25, -0.2) is 0 Å². The number of amides is 1. The van der Waals surface area contributed by atoms with Crippen molar-refractivity contribution >= 4 is 17.3 Å². The summed E-state index contributed by atoms with van der Waals surface area (Å²) >= 11 is 0. The third-order valence-corrected chi connectivity index (χ3v) is 3.32. The zero-order valence-corrected chi connectivity index (χ0v) is 10.5. The molecular weight excluding hydrogens is 214 g/mol. The molecule has 4 heteroatoms. The summed E-state index contributed by atoms with van der Waals surface area (Å²) in [6.07, 6.45) is 0. The van der Waals surface area contributed by atoms with Gasteiger partial charge in [0.05, 0.1) is 11.4 Å². The van der Waals surface area contributed by atoms with E-state index >= 15 is 0 Å². The Morgan fingerprint density at radius 2 is 2.18 bits per heavy atom. The minimum Gasteiger partial charge on any atom is -0.360 e. The Balaban J connectivity index is 2.52. The zero-order chi connectivity index (χ0) is 12.6. The molecule has 0 saturated carbocycles. The summed E-state index contributed by atoms with van der Waals surface area (Å²) < 4.78 is 0. The number of fused-ring (bicyclic) bond motifs is 1. The topological polar surface area (TPSA) is 58.4 Å². The van der Waals surface area contributed by atoms with Crippen LogP contribution in [0.5, 0.6) is 0 Å². The SMILES string of the molecule is CC(C)c1cccc2c1NC(=O)C(CN)N2C. The van der Waals surface area contributed by atoms with Gasteiger partial charge in [0.25, 0.3) is 0 Å². The number of hydrogen-bond acceptors (Lipinski definition) is 3. The molecule has 1 aromatic carbocycles. The van der Waals surface area contributed by atoms with Crippen LogP contribution >= 0.6 is 0 Å². The fraction of sp³-hybridized carbons (Fsp3) is 0.462. The van der Waals surface area contributed by atoms with Gasteiger partial charge in [0.1, 0.15) is 6.04 Å². The highest BCUT2D eigenvalue weighted by Gasteiger charge is 2.30. The van der Waals surface area contributed by atoms with Gasteiger partial charge in [0, 0.05) is 13.6 Å². The first-order valence-electron chi connectivity index (χ1n) is 5.93. The summed E-state index contributed by atoms with van der Waals surface area (Å²) in [5.41, 5.74) is 8.78. The molecule has 0 fully saturated rings. The van der Waals surface area contributed by atoms with Crippen molar-refractivity contribution in [3.63, 3.8) is 0 Å². The second kappa shape index (κ2) is 4.37. The lowest BCUT2D eigenvalue weighted by atomic mass is 9.97. The molecule has 3 N–H and O–H groups in total. The van der Waals surface area contributed by atoms with E-state index in [1.54, 1.807) is 0 Å². The quantitative estimate of drug-likeness (QED) is 0.814. The van der Waals surface area contributed by atoms with Crippen LogP contribution in [-0.2, 0) is 4.79 Å². The van der Waals surface area contributed by atoms with Crippen molar-refractivity contribution in [1.29, 1.82) is 0 Å². The Labute approximate surface area is 102 Å². The molecule has 92 valence electrons. The van der Waals surface area contributed by atoms with E-state index < -0.39 is 0 Å². The molecule has 2 rings (SSSR count). The third kappa shape index (κ3) is 1.89. The highest BCUT2D eigenvalue weighted by atomic mass is 16.2. The maximum absolute atomic E-state index is 11.9. The normalized spacial score (nSPS) is 19.2. The average molecular weight is 233 g/mol. The number of likely N-dealkylation sites (N-methyl/N-ethyl adjacent to an activating group) is 1. The lowest BCUT2D eigenvalue weighted by Crippen LogP contribution is -2.50. The van der Waals surface area contributed by atoms with E-state index in [9.17, 15) is 4.79 Å². The Morgan fingerprint density at radius 1 is 1.47 bits per heavy atom. The molecular formula is C13H19N3O. The van der Waals surface area contributed by atoms with Crippen LogP contribution in [0.25, 0.3) is 0 Å². The summed E-state index contributed by atoms with van der Waals surface area (Å²) in [6, 6.07) is 5.82. The summed E-state index contributed by atoms with van der Waals surface area (Å²) in [6.45, 7) is 4.57. The van der Waals surface area contributed by atoms with Gasteiger partial charge < -0.3 is 16.0 Å². The van der Waals surface area contributed by atoms with Gasteiger partial charge in [-0.2, -0.15) is 0 Å². The van der Waals surface area contributed by atoms with Crippen LogP contribution in [0, 0.1) is 0 Å². The molecule has 0 spiro atoms. The van der Waals surface area contributed by atoms with E-state index in [1.165, 1.54) is 0 Å². The lowest BCUT2D eigenvalue weighted by Gasteiger charge is -2.36. The van der Waals surface area contributed by atoms with Crippen molar-refractivity contribution < 1.29 is 4.79 Å². The van der Waals surface area contributed by atoms with Crippen molar-refractivity contribution in [2.45, 2.75) is 25.8 Å². The molecule has 1 aliphatic heterocycles. The number of carbonyl (C=O) groups excluding carboxylic acids is 1. The third-order valence-electron chi connectivity index (χ3n) is 3.32. The van der Waals surface area contributed by atoms with E-state index in [2.05, 4.69) is 25.2 Å². The van der Waals surface area contributed by atoms with E-state index in [1.807, 2.05) is 24.1 Å². The lowest BCUT2D eigenvalue weighted by molar-refractivity contribution is -0.117. The first kappa shape index (κ1) is 11.9. The fourth-order valence-corrected chi connectivity index (χ4v) is 2.28. The number of carbonyl (C=O) groups is 1. The maximum atomic E-state index is 11.9. The van der Waals surface area contributed by atoms with Gasteiger partial charge in [-0.1, -0.05) is 26.0 Å². The Kier molecular flexibility index (Phi) is 3.07. The molecule has 0 aliphatic carbocycles. The number of hydrogen-bond donors (Lipinski definition) is 2. The van der Waals surface area contributed by atoms with E-state index in [0.717, 1.165) is 16.9 Å². The molecule has 1 heterocycles. The van der Waals surface area contributed by atoms with Gasteiger partial charge in [-0.3, -0.25) is 4.79 Å². The van der Waals surface area contributed by atoms with Crippen molar-refractivity contribution in [2.75, 3.05) is 23.8 Å². The molecule has 1 atom stereocenters. The van der Waals surface area contributed by atoms with Gasteiger partial charge in [0.15, 0.2) is 0 Å². The maximum Gasteiger partial charge on any atom is 0.248 e. The van der Waals surface area contributed by atoms with Crippen LogP contribution in [0.4, 0.5) is 11.4 Å². The molecule has 0 saturated heterocycles. The van der Waals surface area contributed by atoms with Crippen LogP contribution in [0.1, 0.15) is 25.3 Å². The molecule has 4 nitrogen and oxygen atoms in total. The minimum atomic E-state index is -0.273. The fourth-order valence-electron chi connectivity index (χ4n) is 2.28. The van der Waals surface area contributed by atoms with Crippen molar-refractivity contribution in [3.8, 4) is 0 Å². The number of benzene rings is 1.